The summed E-state index contributed by atoms with van der Waals surface area (Å²) in [6, 6.07) is 4.93. The number of likely N-dealkylation sites (tertiary alicyclic amines) is 1. The molecule has 28 heavy (non-hydrogen) atoms. The molecule has 2 amide bonds. The highest BCUT2D eigenvalue weighted by Gasteiger charge is 2.35. The fourth-order valence-corrected chi connectivity index (χ4v) is 5.99. The van der Waals surface area contributed by atoms with Crippen LogP contribution in [0.25, 0.3) is 0 Å². The van der Waals surface area contributed by atoms with Crippen molar-refractivity contribution < 1.29 is 18.0 Å². The third-order valence-electron chi connectivity index (χ3n) is 5.99. The Morgan fingerprint density at radius 1 is 1.04 bits per heavy atom. The molecule has 0 aromatic heterocycles. The topological polar surface area (TPSA) is 86.8 Å². The molecule has 0 aliphatic carbocycles. The lowest BCUT2D eigenvalue weighted by Gasteiger charge is -2.33. The number of anilines is 1. The van der Waals surface area contributed by atoms with E-state index in [0.29, 0.717) is 37.9 Å². The van der Waals surface area contributed by atoms with Gasteiger partial charge in [0.1, 0.15) is 0 Å². The molecule has 1 N–H and O–H groups in total. The Labute approximate surface area is 166 Å². The Morgan fingerprint density at radius 2 is 1.82 bits per heavy atom. The number of carbonyl (C=O) groups excluding carboxylic acids is 2. The van der Waals surface area contributed by atoms with Gasteiger partial charge in [0.25, 0.3) is 0 Å². The van der Waals surface area contributed by atoms with Crippen molar-refractivity contribution in [2.24, 2.45) is 5.92 Å². The number of nitrogens with zero attached hydrogens (tertiary/aromatic N) is 2. The summed E-state index contributed by atoms with van der Waals surface area (Å²) in [7, 11) is -3.66. The van der Waals surface area contributed by atoms with Crippen molar-refractivity contribution in [3.63, 3.8) is 0 Å². The van der Waals surface area contributed by atoms with Crippen molar-refractivity contribution in [3.8, 4) is 0 Å². The molecule has 8 heteroatoms. The molecule has 0 bridgehead atoms. The number of rotatable bonds is 3. The molecular weight excluding hydrogens is 378 g/mol. The van der Waals surface area contributed by atoms with E-state index in [0.717, 1.165) is 37.9 Å². The summed E-state index contributed by atoms with van der Waals surface area (Å²) in [5, 5.41) is 2.84. The van der Waals surface area contributed by atoms with Gasteiger partial charge < -0.3 is 10.2 Å². The highest BCUT2D eigenvalue weighted by molar-refractivity contribution is 7.89. The normalized spacial score (nSPS) is 23.8. The van der Waals surface area contributed by atoms with Crippen LogP contribution in [-0.2, 0) is 26.0 Å². The average Bonchev–Trinajstić information content (AvgIpc) is 3.16. The highest BCUT2D eigenvalue weighted by atomic mass is 32.2. The average molecular weight is 406 g/mol. The number of hydrogen-bond donors (Lipinski definition) is 1. The van der Waals surface area contributed by atoms with Crippen LogP contribution in [0.1, 0.15) is 44.1 Å². The Kier molecular flexibility index (Phi) is 5.42. The first-order valence-corrected chi connectivity index (χ1v) is 11.6. The Morgan fingerprint density at radius 3 is 2.61 bits per heavy atom. The van der Waals surface area contributed by atoms with Gasteiger partial charge in [-0.2, -0.15) is 4.31 Å². The molecule has 1 atom stereocenters. The van der Waals surface area contributed by atoms with Crippen LogP contribution in [0.3, 0.4) is 0 Å². The summed E-state index contributed by atoms with van der Waals surface area (Å²) in [5.74, 6) is -0.183. The van der Waals surface area contributed by atoms with Crippen LogP contribution in [0, 0.1) is 5.92 Å². The van der Waals surface area contributed by atoms with E-state index < -0.39 is 10.0 Å². The Hall–Kier alpha value is -1.93. The van der Waals surface area contributed by atoms with E-state index in [9.17, 15) is 18.0 Å². The predicted octanol–water partition coefficient (Wildman–Crippen LogP) is 1.98. The Balaban J connectivity index is 1.53. The molecule has 0 radical (unpaired) electrons. The van der Waals surface area contributed by atoms with E-state index >= 15 is 0 Å². The van der Waals surface area contributed by atoms with Crippen LogP contribution >= 0.6 is 0 Å². The van der Waals surface area contributed by atoms with E-state index in [1.807, 2.05) is 4.90 Å². The zero-order valence-electron chi connectivity index (χ0n) is 16.0. The monoisotopic (exact) mass is 405 g/mol. The quantitative estimate of drug-likeness (QED) is 0.833. The number of nitrogens with one attached hydrogen (secondary N) is 1. The molecule has 0 saturated carbocycles. The number of benzene rings is 1. The molecule has 1 aromatic rings. The molecule has 1 aromatic carbocycles. The van der Waals surface area contributed by atoms with Crippen molar-refractivity contribution in [2.45, 2.75) is 49.8 Å². The molecular formula is C20H27N3O4S. The first-order chi connectivity index (χ1) is 13.4. The van der Waals surface area contributed by atoms with E-state index in [4.69, 9.17) is 0 Å². The van der Waals surface area contributed by atoms with Gasteiger partial charge in [0.05, 0.1) is 10.8 Å². The minimum atomic E-state index is -3.66. The van der Waals surface area contributed by atoms with E-state index in [1.54, 1.807) is 18.2 Å². The molecule has 2 saturated heterocycles. The minimum absolute atomic E-state index is 0.0337. The second-order valence-corrected chi connectivity index (χ2v) is 9.89. The van der Waals surface area contributed by atoms with Gasteiger partial charge in [-0.15, -0.1) is 0 Å². The summed E-state index contributed by atoms with van der Waals surface area (Å²) < 4.78 is 27.9. The highest BCUT2D eigenvalue weighted by Crippen LogP contribution is 2.29. The maximum Gasteiger partial charge on any atom is 0.243 e. The molecule has 2 fully saturated rings. The summed E-state index contributed by atoms with van der Waals surface area (Å²) in [5.41, 5.74) is 1.55. The molecule has 152 valence electrons. The third kappa shape index (κ3) is 3.80. The largest absolute Gasteiger partial charge is 0.342 e. The summed E-state index contributed by atoms with van der Waals surface area (Å²) in [4.78, 5) is 26.6. The molecule has 0 spiro atoms. The van der Waals surface area contributed by atoms with E-state index in [2.05, 4.69) is 5.32 Å². The molecule has 3 heterocycles. The standard InChI is InChI=1S/C20H27N3O4S/c24-19-7-3-5-15-13-17(8-9-18(15)21-19)28(26,27)23-12-4-6-16(14-23)20(25)22-10-1-2-11-22/h8-9,13,16H,1-7,10-12,14H2,(H,21,24). The summed E-state index contributed by atoms with van der Waals surface area (Å²) >= 11 is 0. The van der Waals surface area contributed by atoms with Crippen molar-refractivity contribution in [2.75, 3.05) is 31.5 Å². The number of piperidine rings is 1. The van der Waals surface area contributed by atoms with Gasteiger partial charge in [-0.25, -0.2) is 8.42 Å². The van der Waals surface area contributed by atoms with Gasteiger partial charge in [-0.05, 0) is 62.3 Å². The second kappa shape index (κ2) is 7.83. The van der Waals surface area contributed by atoms with Crippen molar-refractivity contribution >= 4 is 27.5 Å². The van der Waals surface area contributed by atoms with Gasteiger partial charge >= 0.3 is 0 Å². The second-order valence-electron chi connectivity index (χ2n) is 7.96. The predicted molar refractivity (Wildman–Crippen MR) is 105 cm³/mol. The van der Waals surface area contributed by atoms with E-state index in [1.165, 1.54) is 4.31 Å². The van der Waals surface area contributed by atoms with Crippen molar-refractivity contribution in [3.05, 3.63) is 23.8 Å². The molecule has 3 aliphatic heterocycles. The fourth-order valence-electron chi connectivity index (χ4n) is 4.42. The van der Waals surface area contributed by atoms with Crippen LogP contribution in [0.4, 0.5) is 5.69 Å². The van der Waals surface area contributed by atoms with Gasteiger partial charge in [0.2, 0.25) is 21.8 Å². The summed E-state index contributed by atoms with van der Waals surface area (Å²) in [6.07, 6.45) is 5.34. The smallest absolute Gasteiger partial charge is 0.243 e. The number of sulfonamides is 1. The van der Waals surface area contributed by atoms with E-state index in [-0.39, 0.29) is 29.2 Å². The lowest BCUT2D eigenvalue weighted by Crippen LogP contribution is -2.46. The SMILES string of the molecule is O=C1CCCc2cc(S(=O)(=O)N3CCCC(C(=O)N4CCCC4)C3)ccc2N1. The van der Waals surface area contributed by atoms with Crippen LogP contribution < -0.4 is 5.32 Å². The van der Waals surface area contributed by atoms with Gasteiger partial charge in [-0.1, -0.05) is 0 Å². The van der Waals surface area contributed by atoms with Crippen LogP contribution in [0.5, 0.6) is 0 Å². The third-order valence-corrected chi connectivity index (χ3v) is 7.85. The van der Waals surface area contributed by atoms with Crippen molar-refractivity contribution in [1.82, 2.24) is 9.21 Å². The molecule has 3 aliphatic rings. The van der Waals surface area contributed by atoms with Gasteiger partial charge in [0, 0.05) is 38.3 Å². The first kappa shape index (κ1) is 19.4. The number of aryl methyl sites for hydroxylation is 1. The lowest BCUT2D eigenvalue weighted by molar-refractivity contribution is -0.135. The molecule has 1 unspecified atom stereocenters. The molecule has 4 rings (SSSR count). The maximum absolute atomic E-state index is 13.2. The van der Waals surface area contributed by atoms with Crippen LogP contribution in [0.15, 0.2) is 23.1 Å². The van der Waals surface area contributed by atoms with Crippen LogP contribution in [-0.4, -0.2) is 55.6 Å². The van der Waals surface area contributed by atoms with Crippen LogP contribution in [0.2, 0.25) is 0 Å². The lowest BCUT2D eigenvalue weighted by atomic mass is 9.98. The number of hydrogen-bond acceptors (Lipinski definition) is 4. The molecule has 7 nitrogen and oxygen atoms in total. The number of fused-ring (bicyclic) bond motifs is 1. The van der Waals surface area contributed by atoms with Crippen molar-refractivity contribution in [1.29, 1.82) is 0 Å². The fraction of sp³-hybridized carbons (Fsp3) is 0.600. The minimum Gasteiger partial charge on any atom is -0.342 e. The number of carbonyl (C=O) groups is 2. The zero-order chi connectivity index (χ0) is 19.7. The number of amides is 2. The maximum atomic E-state index is 13.2. The Bertz CT molecular complexity index is 877. The first-order valence-electron chi connectivity index (χ1n) is 10.2. The summed E-state index contributed by atoms with van der Waals surface area (Å²) in [6.45, 7) is 2.28. The van der Waals surface area contributed by atoms with Gasteiger partial charge in [0.15, 0.2) is 0 Å². The van der Waals surface area contributed by atoms with Gasteiger partial charge in [-0.3, -0.25) is 9.59 Å². The zero-order valence-corrected chi connectivity index (χ0v) is 16.8.